The lowest BCUT2D eigenvalue weighted by Crippen LogP contribution is -2.16. The fourth-order valence-corrected chi connectivity index (χ4v) is 2.36. The van der Waals surface area contributed by atoms with Gasteiger partial charge in [-0.2, -0.15) is 0 Å². The van der Waals surface area contributed by atoms with Crippen LogP contribution in [0.1, 0.15) is 32.2 Å². The molecule has 0 aliphatic rings. The van der Waals surface area contributed by atoms with Gasteiger partial charge in [0, 0.05) is 35.0 Å². The van der Waals surface area contributed by atoms with Crippen molar-refractivity contribution < 1.29 is 13.7 Å². The van der Waals surface area contributed by atoms with Crippen molar-refractivity contribution in [1.29, 1.82) is 0 Å². The average Bonchev–Trinajstić information content (AvgIpc) is 3.06. The number of carbonyl (C=O) groups excluding carboxylic acids is 1. The second-order valence-corrected chi connectivity index (χ2v) is 7.18. The van der Waals surface area contributed by atoms with Crippen LogP contribution in [0.5, 0.6) is 0 Å². The number of hydrogen-bond acceptors (Lipinski definition) is 6. The summed E-state index contributed by atoms with van der Waals surface area (Å²) < 4.78 is 19.6. The van der Waals surface area contributed by atoms with Crippen molar-refractivity contribution in [3.63, 3.8) is 0 Å². The molecule has 27 heavy (non-hydrogen) atoms. The summed E-state index contributed by atoms with van der Waals surface area (Å²) in [5.41, 5.74) is 6.60. The van der Waals surface area contributed by atoms with Gasteiger partial charge in [0.1, 0.15) is 17.4 Å². The number of nitrogens with one attached hydrogen (secondary N) is 1. The summed E-state index contributed by atoms with van der Waals surface area (Å²) in [6.07, 6.45) is 2.81. The standard InChI is InChI=1S/C19H20FN5O2/c1-19(2,3)15-8-17(25-27-15)24-18(26)7-14-13(20)6-12(10-22-14)11-4-5-16(21)23-9-11/h4-6,8-10H,7H2,1-3H3,(H2,21,23)(H,24,25,26). The molecule has 0 atom stereocenters. The summed E-state index contributed by atoms with van der Waals surface area (Å²) in [6, 6.07) is 6.32. The van der Waals surface area contributed by atoms with Crippen LogP contribution in [0.4, 0.5) is 16.0 Å². The third-order valence-electron chi connectivity index (χ3n) is 3.88. The summed E-state index contributed by atoms with van der Waals surface area (Å²) in [4.78, 5) is 20.2. The van der Waals surface area contributed by atoms with Gasteiger partial charge in [-0.05, 0) is 18.2 Å². The molecule has 0 aliphatic heterocycles. The monoisotopic (exact) mass is 369 g/mol. The number of pyridine rings is 2. The number of nitrogens with zero attached hydrogens (tertiary/aromatic N) is 3. The second kappa shape index (κ2) is 7.14. The molecule has 0 bridgehead atoms. The molecule has 3 aromatic rings. The highest BCUT2D eigenvalue weighted by atomic mass is 19.1. The Balaban J connectivity index is 1.69. The van der Waals surface area contributed by atoms with E-state index in [-0.39, 0.29) is 23.3 Å². The van der Waals surface area contributed by atoms with Crippen LogP contribution in [0, 0.1) is 5.82 Å². The van der Waals surface area contributed by atoms with Crippen LogP contribution < -0.4 is 11.1 Å². The van der Waals surface area contributed by atoms with Crippen LogP contribution in [-0.4, -0.2) is 21.0 Å². The van der Waals surface area contributed by atoms with E-state index in [0.29, 0.717) is 22.7 Å². The number of nitrogens with two attached hydrogens (primary N) is 1. The zero-order valence-corrected chi connectivity index (χ0v) is 15.3. The first-order valence-corrected chi connectivity index (χ1v) is 8.36. The average molecular weight is 369 g/mol. The lowest BCUT2D eigenvalue weighted by molar-refractivity contribution is -0.115. The lowest BCUT2D eigenvalue weighted by atomic mass is 9.93. The SMILES string of the molecule is CC(C)(C)c1cc(NC(=O)Cc2ncc(-c3ccc(N)nc3)cc2F)no1. The van der Waals surface area contributed by atoms with Gasteiger partial charge >= 0.3 is 0 Å². The normalized spacial score (nSPS) is 11.4. The van der Waals surface area contributed by atoms with E-state index in [1.165, 1.54) is 18.5 Å². The number of carbonyl (C=O) groups is 1. The first-order valence-electron chi connectivity index (χ1n) is 8.36. The van der Waals surface area contributed by atoms with Gasteiger partial charge in [-0.25, -0.2) is 9.37 Å². The number of aromatic nitrogens is 3. The van der Waals surface area contributed by atoms with Crippen LogP contribution in [0.25, 0.3) is 11.1 Å². The summed E-state index contributed by atoms with van der Waals surface area (Å²) in [6.45, 7) is 5.91. The Labute approximate surface area is 155 Å². The highest BCUT2D eigenvalue weighted by Crippen LogP contribution is 2.24. The van der Waals surface area contributed by atoms with E-state index in [1.54, 1.807) is 18.2 Å². The molecular weight excluding hydrogens is 349 g/mol. The molecule has 0 saturated heterocycles. The molecule has 0 aromatic carbocycles. The van der Waals surface area contributed by atoms with Crippen molar-refractivity contribution >= 4 is 17.5 Å². The van der Waals surface area contributed by atoms with Gasteiger partial charge in [0.05, 0.1) is 12.1 Å². The minimum Gasteiger partial charge on any atom is -0.384 e. The zero-order valence-electron chi connectivity index (χ0n) is 15.3. The molecule has 7 nitrogen and oxygen atoms in total. The van der Waals surface area contributed by atoms with Crippen molar-refractivity contribution in [2.75, 3.05) is 11.1 Å². The third kappa shape index (κ3) is 4.46. The summed E-state index contributed by atoms with van der Waals surface area (Å²) in [7, 11) is 0. The quantitative estimate of drug-likeness (QED) is 0.730. The Morgan fingerprint density at radius 1 is 1.19 bits per heavy atom. The summed E-state index contributed by atoms with van der Waals surface area (Å²) in [5.74, 6) is 0.300. The maximum absolute atomic E-state index is 14.4. The molecule has 3 N–H and O–H groups in total. The zero-order chi connectivity index (χ0) is 19.6. The molecular formula is C19H20FN5O2. The van der Waals surface area contributed by atoms with E-state index in [0.717, 1.165) is 0 Å². The van der Waals surface area contributed by atoms with Gasteiger partial charge in [0.15, 0.2) is 5.82 Å². The molecule has 0 saturated carbocycles. The maximum Gasteiger partial charge on any atom is 0.231 e. The minimum absolute atomic E-state index is 0.0409. The van der Waals surface area contributed by atoms with Crippen molar-refractivity contribution in [3.8, 4) is 11.1 Å². The van der Waals surface area contributed by atoms with Crippen LogP contribution in [-0.2, 0) is 16.6 Å². The third-order valence-corrected chi connectivity index (χ3v) is 3.88. The number of amides is 1. The van der Waals surface area contributed by atoms with Crippen molar-refractivity contribution in [1.82, 2.24) is 15.1 Å². The Morgan fingerprint density at radius 2 is 1.93 bits per heavy atom. The number of rotatable bonds is 4. The van der Waals surface area contributed by atoms with Gasteiger partial charge in [-0.15, -0.1) is 0 Å². The number of halogens is 1. The van der Waals surface area contributed by atoms with Gasteiger partial charge in [-0.1, -0.05) is 25.9 Å². The van der Waals surface area contributed by atoms with Crippen LogP contribution in [0.3, 0.4) is 0 Å². The Morgan fingerprint density at radius 3 is 2.52 bits per heavy atom. The first kappa shape index (κ1) is 18.5. The minimum atomic E-state index is -0.574. The predicted octanol–water partition coefficient (Wildman–Crippen LogP) is 3.33. The second-order valence-electron chi connectivity index (χ2n) is 7.18. The first-order chi connectivity index (χ1) is 12.7. The fourth-order valence-electron chi connectivity index (χ4n) is 2.36. The topological polar surface area (TPSA) is 107 Å². The van der Waals surface area contributed by atoms with Crippen LogP contribution in [0.2, 0.25) is 0 Å². The van der Waals surface area contributed by atoms with E-state index < -0.39 is 11.7 Å². The Kier molecular flexibility index (Phi) is 4.89. The van der Waals surface area contributed by atoms with Crippen LogP contribution >= 0.6 is 0 Å². The van der Waals surface area contributed by atoms with Gasteiger partial charge in [-0.3, -0.25) is 9.78 Å². The molecule has 140 valence electrons. The number of anilines is 2. The van der Waals surface area contributed by atoms with Gasteiger partial charge in [0.25, 0.3) is 0 Å². The molecule has 0 spiro atoms. The molecule has 0 fully saturated rings. The molecule has 0 aliphatic carbocycles. The molecule has 3 aromatic heterocycles. The predicted molar refractivity (Wildman–Crippen MR) is 99.4 cm³/mol. The number of nitrogen functional groups attached to an aromatic ring is 1. The van der Waals surface area contributed by atoms with Crippen molar-refractivity contribution in [2.45, 2.75) is 32.6 Å². The van der Waals surface area contributed by atoms with Crippen LogP contribution in [0.15, 0.2) is 41.2 Å². The highest BCUT2D eigenvalue weighted by molar-refractivity contribution is 5.91. The Hall–Kier alpha value is -3.29. The molecule has 0 unspecified atom stereocenters. The number of hydrogen-bond donors (Lipinski definition) is 2. The fraction of sp³-hybridized carbons (Fsp3) is 0.263. The largest absolute Gasteiger partial charge is 0.384 e. The highest BCUT2D eigenvalue weighted by Gasteiger charge is 2.20. The van der Waals surface area contributed by atoms with Gasteiger partial charge in [0.2, 0.25) is 5.91 Å². The van der Waals surface area contributed by atoms with E-state index in [1.807, 2.05) is 20.8 Å². The van der Waals surface area contributed by atoms with Crippen molar-refractivity contribution in [3.05, 3.63) is 53.9 Å². The van der Waals surface area contributed by atoms with E-state index in [9.17, 15) is 9.18 Å². The van der Waals surface area contributed by atoms with E-state index in [4.69, 9.17) is 10.3 Å². The lowest BCUT2D eigenvalue weighted by Gasteiger charge is -2.12. The molecule has 1 amide bonds. The molecule has 0 radical (unpaired) electrons. The molecule has 3 heterocycles. The Bertz CT molecular complexity index is 961. The van der Waals surface area contributed by atoms with E-state index >= 15 is 0 Å². The summed E-state index contributed by atoms with van der Waals surface area (Å²) in [5, 5.41) is 6.40. The maximum atomic E-state index is 14.4. The van der Waals surface area contributed by atoms with Gasteiger partial charge < -0.3 is 15.6 Å². The molecule has 8 heteroatoms. The smallest absolute Gasteiger partial charge is 0.231 e. The van der Waals surface area contributed by atoms with E-state index in [2.05, 4.69) is 20.4 Å². The summed E-state index contributed by atoms with van der Waals surface area (Å²) >= 11 is 0. The molecule has 3 rings (SSSR count). The van der Waals surface area contributed by atoms with Crippen molar-refractivity contribution in [2.24, 2.45) is 0 Å².